The number of aryl methyl sites for hydroxylation is 2. The summed E-state index contributed by atoms with van der Waals surface area (Å²) in [6, 6.07) is 6.22. The fourth-order valence-corrected chi connectivity index (χ4v) is 1.58. The van der Waals surface area contributed by atoms with Gasteiger partial charge in [0.1, 0.15) is 0 Å². The molecule has 1 N–H and O–H groups in total. The maximum atomic E-state index is 11.7. The van der Waals surface area contributed by atoms with Crippen LogP contribution >= 0.6 is 0 Å². The Morgan fingerprint density at radius 3 is 2.88 bits per heavy atom. The number of hydrogen-bond donors (Lipinski definition) is 1. The van der Waals surface area contributed by atoms with Crippen molar-refractivity contribution in [3.05, 3.63) is 47.5 Å². The highest BCUT2D eigenvalue weighted by Gasteiger charge is 2.05. The van der Waals surface area contributed by atoms with Gasteiger partial charge in [0.2, 0.25) is 0 Å². The van der Waals surface area contributed by atoms with E-state index < -0.39 is 0 Å². The van der Waals surface area contributed by atoms with Crippen molar-refractivity contribution in [2.75, 3.05) is 13.1 Å². The van der Waals surface area contributed by atoms with Crippen molar-refractivity contribution in [3.8, 4) is 0 Å². The number of rotatable bonds is 6. The minimum Gasteiger partial charge on any atom is -0.307 e. The number of benzene rings is 1. The number of hydrogen-bond acceptors (Lipinski definition) is 2. The Hall–Kier alpha value is -1.41. The Bertz CT molecular complexity index is 382. The van der Waals surface area contributed by atoms with Gasteiger partial charge in [-0.05, 0) is 25.0 Å². The van der Waals surface area contributed by atoms with E-state index in [-0.39, 0.29) is 5.78 Å². The maximum absolute atomic E-state index is 11.7. The number of carbonyl (C=O) groups excluding carboxylic acids is 1. The molecule has 0 atom stereocenters. The summed E-state index contributed by atoms with van der Waals surface area (Å²) in [5.74, 6) is 0.218. The SMILES string of the molecule is C=CCNCC(=O)Cc1cc(C)ccc1C. The summed E-state index contributed by atoms with van der Waals surface area (Å²) in [5.41, 5.74) is 3.51. The minimum atomic E-state index is 0.218. The Morgan fingerprint density at radius 1 is 1.44 bits per heavy atom. The zero-order valence-corrected chi connectivity index (χ0v) is 10.0. The third kappa shape index (κ3) is 3.99. The van der Waals surface area contributed by atoms with E-state index in [1.165, 1.54) is 11.1 Å². The fraction of sp³-hybridized carbons (Fsp3) is 0.357. The third-order valence-electron chi connectivity index (χ3n) is 2.50. The summed E-state index contributed by atoms with van der Waals surface area (Å²) in [7, 11) is 0. The molecule has 0 aliphatic rings. The van der Waals surface area contributed by atoms with Gasteiger partial charge in [-0.15, -0.1) is 6.58 Å². The molecule has 0 radical (unpaired) electrons. The second-order valence-corrected chi connectivity index (χ2v) is 4.06. The van der Waals surface area contributed by atoms with Crippen molar-refractivity contribution >= 4 is 5.78 Å². The highest BCUT2D eigenvalue weighted by Crippen LogP contribution is 2.11. The molecule has 0 spiro atoms. The molecule has 86 valence electrons. The molecule has 0 saturated heterocycles. The van der Waals surface area contributed by atoms with Crippen LogP contribution in [0.5, 0.6) is 0 Å². The van der Waals surface area contributed by atoms with Gasteiger partial charge in [-0.1, -0.05) is 29.8 Å². The lowest BCUT2D eigenvalue weighted by atomic mass is 10.0. The van der Waals surface area contributed by atoms with Gasteiger partial charge in [0.15, 0.2) is 5.78 Å². The first-order valence-electron chi connectivity index (χ1n) is 5.53. The fourth-order valence-electron chi connectivity index (χ4n) is 1.58. The van der Waals surface area contributed by atoms with Crippen molar-refractivity contribution < 1.29 is 4.79 Å². The molecular weight excluding hydrogens is 198 g/mol. The van der Waals surface area contributed by atoms with Crippen molar-refractivity contribution in [3.63, 3.8) is 0 Å². The maximum Gasteiger partial charge on any atom is 0.150 e. The van der Waals surface area contributed by atoms with E-state index in [0.29, 0.717) is 19.5 Å². The molecule has 0 bridgehead atoms. The van der Waals surface area contributed by atoms with Gasteiger partial charge in [-0.2, -0.15) is 0 Å². The molecule has 0 unspecified atom stereocenters. The Morgan fingerprint density at radius 2 is 2.19 bits per heavy atom. The second kappa shape index (κ2) is 6.23. The molecule has 1 rings (SSSR count). The van der Waals surface area contributed by atoms with Crippen molar-refractivity contribution in [2.24, 2.45) is 0 Å². The van der Waals surface area contributed by atoms with Crippen LogP contribution in [0.1, 0.15) is 16.7 Å². The van der Waals surface area contributed by atoms with Gasteiger partial charge in [0.25, 0.3) is 0 Å². The predicted octanol–water partition coefficient (Wildman–Crippen LogP) is 2.19. The van der Waals surface area contributed by atoms with Gasteiger partial charge in [-0.3, -0.25) is 4.79 Å². The summed E-state index contributed by atoms with van der Waals surface area (Å²) in [4.78, 5) is 11.7. The number of ketones is 1. The molecule has 0 fully saturated rings. The highest BCUT2D eigenvalue weighted by molar-refractivity contribution is 5.83. The van der Waals surface area contributed by atoms with Crippen LogP contribution in [0.4, 0.5) is 0 Å². The highest BCUT2D eigenvalue weighted by atomic mass is 16.1. The minimum absolute atomic E-state index is 0.218. The lowest BCUT2D eigenvalue weighted by molar-refractivity contribution is -0.117. The molecule has 0 amide bonds. The molecule has 2 nitrogen and oxygen atoms in total. The Labute approximate surface area is 97.4 Å². The van der Waals surface area contributed by atoms with Crippen molar-refractivity contribution in [1.82, 2.24) is 5.32 Å². The van der Waals surface area contributed by atoms with E-state index in [1.54, 1.807) is 6.08 Å². The molecule has 0 saturated carbocycles. The van der Waals surface area contributed by atoms with Crippen LogP contribution in [0.25, 0.3) is 0 Å². The van der Waals surface area contributed by atoms with Gasteiger partial charge in [0.05, 0.1) is 6.54 Å². The zero-order chi connectivity index (χ0) is 12.0. The van der Waals surface area contributed by atoms with Gasteiger partial charge >= 0.3 is 0 Å². The molecule has 2 heteroatoms. The molecule has 0 heterocycles. The average Bonchev–Trinajstić information content (AvgIpc) is 2.24. The monoisotopic (exact) mass is 217 g/mol. The summed E-state index contributed by atoms with van der Waals surface area (Å²) >= 11 is 0. The second-order valence-electron chi connectivity index (χ2n) is 4.06. The zero-order valence-electron chi connectivity index (χ0n) is 10.0. The van der Waals surface area contributed by atoms with E-state index in [2.05, 4.69) is 30.1 Å². The summed E-state index contributed by atoms with van der Waals surface area (Å²) < 4.78 is 0. The van der Waals surface area contributed by atoms with E-state index in [0.717, 1.165) is 5.56 Å². The number of nitrogens with one attached hydrogen (secondary N) is 1. The van der Waals surface area contributed by atoms with E-state index in [1.807, 2.05) is 13.8 Å². The Balaban J connectivity index is 2.55. The van der Waals surface area contributed by atoms with Crippen molar-refractivity contribution in [1.29, 1.82) is 0 Å². The van der Waals surface area contributed by atoms with E-state index in [9.17, 15) is 4.79 Å². The summed E-state index contributed by atoms with van der Waals surface area (Å²) in [5, 5.41) is 3.02. The molecule has 1 aromatic rings. The van der Waals surface area contributed by atoms with Gasteiger partial charge in [-0.25, -0.2) is 0 Å². The largest absolute Gasteiger partial charge is 0.307 e. The first-order valence-corrected chi connectivity index (χ1v) is 5.53. The normalized spacial score (nSPS) is 10.1. The molecule has 16 heavy (non-hydrogen) atoms. The standard InChI is InChI=1S/C14H19NO/c1-4-7-15-10-14(16)9-13-8-11(2)5-6-12(13)3/h4-6,8,15H,1,7,9-10H2,2-3H3. The predicted molar refractivity (Wildman–Crippen MR) is 67.7 cm³/mol. The van der Waals surface area contributed by atoms with E-state index in [4.69, 9.17) is 0 Å². The number of carbonyl (C=O) groups is 1. The van der Waals surface area contributed by atoms with Gasteiger partial charge in [0, 0.05) is 13.0 Å². The lowest BCUT2D eigenvalue weighted by Crippen LogP contribution is -2.24. The van der Waals surface area contributed by atoms with Crippen LogP contribution in [-0.2, 0) is 11.2 Å². The Kier molecular flexibility index (Phi) is 4.93. The average molecular weight is 217 g/mol. The van der Waals surface area contributed by atoms with Gasteiger partial charge < -0.3 is 5.32 Å². The van der Waals surface area contributed by atoms with E-state index >= 15 is 0 Å². The molecule has 0 aliphatic heterocycles. The summed E-state index contributed by atoms with van der Waals surface area (Å²) in [6.07, 6.45) is 2.27. The summed E-state index contributed by atoms with van der Waals surface area (Å²) in [6.45, 7) is 8.77. The molecule has 0 aromatic heterocycles. The van der Waals surface area contributed by atoms with Crippen LogP contribution in [0.15, 0.2) is 30.9 Å². The topological polar surface area (TPSA) is 29.1 Å². The van der Waals surface area contributed by atoms with Crippen LogP contribution in [-0.4, -0.2) is 18.9 Å². The molecule has 0 aliphatic carbocycles. The van der Waals surface area contributed by atoms with Crippen LogP contribution in [0.2, 0.25) is 0 Å². The molecular formula is C14H19NO. The first kappa shape index (κ1) is 12.7. The first-order chi connectivity index (χ1) is 7.63. The number of Topliss-reactive ketones (excluding diaryl/α,β-unsaturated/α-hetero) is 1. The lowest BCUT2D eigenvalue weighted by Gasteiger charge is -2.06. The van der Waals surface area contributed by atoms with Crippen LogP contribution in [0, 0.1) is 13.8 Å². The van der Waals surface area contributed by atoms with Crippen LogP contribution < -0.4 is 5.32 Å². The molecule has 1 aromatic carbocycles. The third-order valence-corrected chi connectivity index (χ3v) is 2.50. The van der Waals surface area contributed by atoms with Crippen LogP contribution in [0.3, 0.4) is 0 Å². The smallest absolute Gasteiger partial charge is 0.150 e. The van der Waals surface area contributed by atoms with Crippen molar-refractivity contribution in [2.45, 2.75) is 20.3 Å². The quantitative estimate of drug-likeness (QED) is 0.584.